The van der Waals surface area contributed by atoms with Crippen LogP contribution in [0.1, 0.15) is 57.4 Å². The van der Waals surface area contributed by atoms with Gasteiger partial charge in [0.25, 0.3) is 0 Å². The number of rotatable bonds is 9. The number of carboxylic acid groups (broad SMARTS) is 3. The minimum Gasteiger partial charge on any atom is -0.481 e. The van der Waals surface area contributed by atoms with Crippen molar-refractivity contribution < 1.29 is 56.0 Å². The summed E-state index contributed by atoms with van der Waals surface area (Å²) in [6.07, 6.45) is -0.508. The van der Waals surface area contributed by atoms with Crippen molar-refractivity contribution in [2.45, 2.75) is 82.3 Å². The smallest absolute Gasteiger partial charge is 0.481 e. The molecule has 14 heteroatoms. The number of carbonyl (C=O) groups is 3. The van der Waals surface area contributed by atoms with Gasteiger partial charge in [-0.1, -0.05) is 48.9 Å². The van der Waals surface area contributed by atoms with E-state index in [1.807, 2.05) is 0 Å². The van der Waals surface area contributed by atoms with Crippen LogP contribution < -0.4 is 10.6 Å². The first-order chi connectivity index (χ1) is 18.5. The first-order valence-electron chi connectivity index (χ1n) is 12.6. The monoisotopic (exact) mass is 584 g/mol. The quantitative estimate of drug-likeness (QED) is 0.253. The molecule has 0 aromatic heterocycles. The maximum atomic E-state index is 10.6. The topological polar surface area (TPSA) is 136 Å². The molecule has 0 unspecified atom stereocenters. The molecule has 2 aliphatic carbocycles. The highest BCUT2D eigenvalue weighted by Crippen LogP contribution is 2.40. The summed E-state index contributed by atoms with van der Waals surface area (Å²) in [5, 5.41) is 30.2. The molecule has 226 valence electrons. The second-order valence-electron chi connectivity index (χ2n) is 9.35. The first kappa shape index (κ1) is 34.9. The van der Waals surface area contributed by atoms with E-state index in [4.69, 9.17) is 24.9 Å². The minimum absolute atomic E-state index is 0.218. The molecule has 0 aliphatic heterocycles. The van der Waals surface area contributed by atoms with Crippen molar-refractivity contribution in [1.82, 2.24) is 10.6 Å². The molecule has 1 aromatic rings. The highest BCUT2D eigenvalue weighted by molar-refractivity contribution is 5.73. The van der Waals surface area contributed by atoms with Gasteiger partial charge in [0.05, 0.1) is 6.42 Å². The van der Waals surface area contributed by atoms with Crippen LogP contribution in [-0.2, 0) is 14.4 Å². The molecule has 2 atom stereocenters. The molecule has 0 heterocycles. The van der Waals surface area contributed by atoms with Crippen LogP contribution in [0, 0.1) is 5.92 Å². The van der Waals surface area contributed by atoms with Crippen molar-refractivity contribution in [3.8, 4) is 0 Å². The molecule has 3 rings (SSSR count). The lowest BCUT2D eigenvalue weighted by atomic mass is 9.91. The van der Waals surface area contributed by atoms with Crippen LogP contribution in [0.4, 0.5) is 26.3 Å². The second kappa shape index (κ2) is 16.2. The molecule has 2 aliphatic rings. The van der Waals surface area contributed by atoms with Crippen molar-refractivity contribution >= 4 is 24.0 Å². The average Bonchev–Trinajstić information content (AvgIpc) is 3.62. The Morgan fingerprint density at radius 1 is 0.875 bits per heavy atom. The number of halogens is 6. The second-order valence-corrected chi connectivity index (χ2v) is 9.35. The van der Waals surface area contributed by atoms with Crippen LogP contribution in [0.2, 0.25) is 0 Å². The van der Waals surface area contributed by atoms with Gasteiger partial charge in [0.2, 0.25) is 0 Å². The van der Waals surface area contributed by atoms with Gasteiger partial charge in [0.15, 0.2) is 0 Å². The molecule has 1 aromatic carbocycles. The highest BCUT2D eigenvalue weighted by Gasteiger charge is 2.41. The highest BCUT2D eigenvalue weighted by atomic mass is 19.4. The van der Waals surface area contributed by atoms with E-state index in [0.29, 0.717) is 30.6 Å². The SMILES string of the molecule is CC/C(=C\c1ccccc1)[C@@H]1C[C@H]1N[C@H]1CC[C@H](NCCC(=O)O)CC1.O=C(O)C(F)(F)F.O=C(O)C(F)(F)F. The largest absolute Gasteiger partial charge is 0.490 e. The summed E-state index contributed by atoms with van der Waals surface area (Å²) >= 11 is 0. The maximum absolute atomic E-state index is 10.6. The van der Waals surface area contributed by atoms with Crippen LogP contribution in [0.15, 0.2) is 35.9 Å². The van der Waals surface area contributed by atoms with E-state index in [0.717, 1.165) is 19.3 Å². The number of aliphatic carboxylic acids is 3. The predicted octanol–water partition coefficient (Wildman–Crippen LogP) is 5.10. The van der Waals surface area contributed by atoms with Gasteiger partial charge in [-0.2, -0.15) is 26.3 Å². The molecule has 0 spiro atoms. The van der Waals surface area contributed by atoms with Crippen molar-refractivity contribution in [2.75, 3.05) is 6.54 Å². The van der Waals surface area contributed by atoms with Crippen molar-refractivity contribution in [3.05, 3.63) is 41.5 Å². The molecule has 2 fully saturated rings. The number of benzene rings is 1. The van der Waals surface area contributed by atoms with Crippen molar-refractivity contribution in [1.29, 1.82) is 0 Å². The van der Waals surface area contributed by atoms with Crippen LogP contribution in [0.5, 0.6) is 0 Å². The van der Waals surface area contributed by atoms with Gasteiger partial charge in [-0.15, -0.1) is 0 Å². The molecule has 2 saturated carbocycles. The van der Waals surface area contributed by atoms with Gasteiger partial charge in [0.1, 0.15) is 0 Å². The van der Waals surface area contributed by atoms with Gasteiger partial charge in [-0.25, -0.2) is 9.59 Å². The molecule has 0 amide bonds. The zero-order chi connectivity index (χ0) is 30.5. The third-order valence-corrected chi connectivity index (χ3v) is 6.26. The average molecular weight is 585 g/mol. The van der Waals surface area contributed by atoms with Crippen LogP contribution in [-0.4, -0.2) is 70.3 Å². The van der Waals surface area contributed by atoms with E-state index in [-0.39, 0.29) is 6.42 Å². The number of hydrogen-bond donors (Lipinski definition) is 5. The lowest BCUT2D eigenvalue weighted by molar-refractivity contribution is -0.193. The van der Waals surface area contributed by atoms with Gasteiger partial charge in [0, 0.05) is 24.7 Å². The zero-order valence-corrected chi connectivity index (χ0v) is 21.8. The van der Waals surface area contributed by atoms with Crippen molar-refractivity contribution in [3.63, 3.8) is 0 Å². The Kier molecular flexibility index (Phi) is 14.1. The standard InChI is InChI=1S/C22H32N2O2.2C2HF3O2/c1-2-17(14-16-6-4-3-5-7-16)20-15-21(20)24-19-10-8-18(9-11-19)23-13-12-22(25)26;2*3-2(4,5)1(6)7/h3-7,14,18-21,23-24H,2,8-13,15H2,1H3,(H,25,26);2*(H,6,7)/b17-14+;;/t18-,19-,20-,21+;;/m0../s1. The summed E-state index contributed by atoms with van der Waals surface area (Å²) in [7, 11) is 0. The Labute approximate surface area is 227 Å². The Morgan fingerprint density at radius 3 is 1.77 bits per heavy atom. The van der Waals surface area contributed by atoms with E-state index < -0.39 is 30.3 Å². The van der Waals surface area contributed by atoms with Gasteiger partial charge < -0.3 is 26.0 Å². The van der Waals surface area contributed by atoms with Crippen LogP contribution in [0.3, 0.4) is 0 Å². The lowest BCUT2D eigenvalue weighted by Crippen LogP contribution is -2.41. The van der Waals surface area contributed by atoms with E-state index in [9.17, 15) is 31.1 Å². The van der Waals surface area contributed by atoms with Crippen LogP contribution >= 0.6 is 0 Å². The summed E-state index contributed by atoms with van der Waals surface area (Å²) in [5.74, 6) is -5.53. The first-order valence-corrected chi connectivity index (χ1v) is 12.6. The number of nitrogens with one attached hydrogen (secondary N) is 2. The fraction of sp³-hybridized carbons (Fsp3) is 0.577. The maximum Gasteiger partial charge on any atom is 0.490 e. The lowest BCUT2D eigenvalue weighted by Gasteiger charge is -2.30. The zero-order valence-electron chi connectivity index (χ0n) is 21.8. The normalized spacial score (nSPS) is 22.6. The Bertz CT molecular complexity index is 952. The van der Waals surface area contributed by atoms with Crippen LogP contribution in [0.25, 0.3) is 6.08 Å². The van der Waals surface area contributed by atoms with E-state index in [1.54, 1.807) is 5.57 Å². The number of hydrogen-bond acceptors (Lipinski definition) is 5. The minimum atomic E-state index is -5.08. The summed E-state index contributed by atoms with van der Waals surface area (Å²) in [5.41, 5.74) is 2.88. The molecule has 0 radical (unpaired) electrons. The summed E-state index contributed by atoms with van der Waals surface area (Å²) < 4.78 is 63.5. The van der Waals surface area contributed by atoms with E-state index in [1.165, 1.54) is 24.8 Å². The van der Waals surface area contributed by atoms with E-state index in [2.05, 4.69) is 54.0 Å². The molecule has 0 bridgehead atoms. The van der Waals surface area contributed by atoms with Gasteiger partial charge in [-0.3, -0.25) is 4.79 Å². The van der Waals surface area contributed by atoms with Crippen molar-refractivity contribution in [2.24, 2.45) is 5.92 Å². The fourth-order valence-corrected chi connectivity index (χ4v) is 4.17. The number of alkyl halides is 6. The van der Waals surface area contributed by atoms with Gasteiger partial charge >= 0.3 is 30.3 Å². The third kappa shape index (κ3) is 14.3. The summed E-state index contributed by atoms with van der Waals surface area (Å²) in [6.45, 7) is 2.85. The molecule has 5 N–H and O–H groups in total. The summed E-state index contributed by atoms with van der Waals surface area (Å²) in [4.78, 5) is 28.4. The summed E-state index contributed by atoms with van der Waals surface area (Å²) in [6, 6.07) is 12.4. The third-order valence-electron chi connectivity index (χ3n) is 6.26. The predicted molar refractivity (Wildman–Crippen MR) is 133 cm³/mol. The molecule has 8 nitrogen and oxygen atoms in total. The fourth-order valence-electron chi connectivity index (χ4n) is 4.17. The molecular formula is C26H34F6N2O6. The Balaban J connectivity index is 0.000000473. The Morgan fingerprint density at radius 2 is 1.35 bits per heavy atom. The Hall–Kier alpha value is -3.13. The number of carboxylic acids is 3. The molecule has 0 saturated heterocycles. The molecular weight excluding hydrogens is 550 g/mol. The van der Waals surface area contributed by atoms with Gasteiger partial charge in [-0.05, 0) is 50.0 Å². The van der Waals surface area contributed by atoms with E-state index >= 15 is 0 Å². The molecule has 40 heavy (non-hydrogen) atoms.